The SMILES string of the molecule is O=C(O)c1c(O)cc(-c2cc(F)c3c(N4C[C@H]5CC[C@@H](C4)N5)nc(OCCCN4C5CCC4COC5)nc3c2F)c2ccccc12. The van der Waals surface area contributed by atoms with E-state index in [9.17, 15) is 15.0 Å². The number of benzene rings is 3. The molecule has 4 aromatic rings. The third kappa shape index (κ3) is 4.99. The molecular formula is C34H35F2N5O5. The fourth-order valence-electron chi connectivity index (χ4n) is 7.95. The molecule has 3 N–H and O–H groups in total. The van der Waals surface area contributed by atoms with Gasteiger partial charge >= 0.3 is 12.0 Å². The zero-order chi connectivity index (χ0) is 31.5. The van der Waals surface area contributed by atoms with Gasteiger partial charge in [-0.3, -0.25) is 4.90 Å². The van der Waals surface area contributed by atoms with Gasteiger partial charge in [0.2, 0.25) is 0 Å². The fraction of sp³-hybridized carbons (Fsp3) is 0.441. The van der Waals surface area contributed by atoms with Crippen molar-refractivity contribution in [2.75, 3.05) is 44.4 Å². The molecule has 4 bridgehead atoms. The number of carboxylic acid groups (broad SMARTS) is 1. The number of carbonyl (C=O) groups is 1. The highest BCUT2D eigenvalue weighted by Crippen LogP contribution is 2.42. The summed E-state index contributed by atoms with van der Waals surface area (Å²) in [5, 5.41) is 24.5. The first-order valence-electron chi connectivity index (χ1n) is 16.0. The molecule has 12 heteroatoms. The van der Waals surface area contributed by atoms with Crippen LogP contribution in [0.25, 0.3) is 32.8 Å². The molecule has 4 aliphatic heterocycles. The molecule has 5 heterocycles. The zero-order valence-electron chi connectivity index (χ0n) is 25.2. The van der Waals surface area contributed by atoms with Crippen molar-refractivity contribution in [3.05, 3.63) is 53.6 Å². The van der Waals surface area contributed by atoms with Crippen LogP contribution in [0.15, 0.2) is 36.4 Å². The number of halogens is 2. The van der Waals surface area contributed by atoms with E-state index in [1.807, 2.05) is 4.90 Å². The molecule has 8 rings (SSSR count). The summed E-state index contributed by atoms with van der Waals surface area (Å²) in [5.74, 6) is -3.09. The van der Waals surface area contributed by atoms with Gasteiger partial charge in [-0.15, -0.1) is 0 Å². The van der Waals surface area contributed by atoms with Crippen molar-refractivity contribution in [2.45, 2.75) is 56.3 Å². The number of nitrogens with one attached hydrogen (secondary N) is 1. The van der Waals surface area contributed by atoms with E-state index in [2.05, 4.69) is 20.2 Å². The summed E-state index contributed by atoms with van der Waals surface area (Å²) in [6.45, 7) is 3.85. The summed E-state index contributed by atoms with van der Waals surface area (Å²) >= 11 is 0. The van der Waals surface area contributed by atoms with Crippen LogP contribution in [-0.2, 0) is 4.74 Å². The van der Waals surface area contributed by atoms with Gasteiger partial charge in [0, 0.05) is 54.8 Å². The molecule has 0 saturated carbocycles. The minimum atomic E-state index is -1.32. The van der Waals surface area contributed by atoms with E-state index < -0.39 is 23.4 Å². The molecule has 4 saturated heterocycles. The van der Waals surface area contributed by atoms with E-state index in [0.29, 0.717) is 43.0 Å². The predicted octanol–water partition coefficient (Wildman–Crippen LogP) is 4.70. The Morgan fingerprint density at radius 3 is 2.43 bits per heavy atom. The predicted molar refractivity (Wildman–Crippen MR) is 168 cm³/mol. The van der Waals surface area contributed by atoms with Crippen LogP contribution in [0, 0.1) is 11.6 Å². The highest BCUT2D eigenvalue weighted by molar-refractivity contribution is 6.11. The molecule has 3 aromatic carbocycles. The third-order valence-electron chi connectivity index (χ3n) is 10.1. The number of hydrogen-bond donors (Lipinski definition) is 3. The Hall–Kier alpha value is -4.13. The van der Waals surface area contributed by atoms with Gasteiger partial charge in [-0.2, -0.15) is 9.97 Å². The number of anilines is 1. The number of aromatic hydroxyl groups is 1. The summed E-state index contributed by atoms with van der Waals surface area (Å²) in [6.07, 6.45) is 4.99. The number of morpholine rings is 1. The average molecular weight is 632 g/mol. The summed E-state index contributed by atoms with van der Waals surface area (Å²) in [6, 6.07) is 10.0. The molecule has 46 heavy (non-hydrogen) atoms. The first kappa shape index (κ1) is 29.3. The van der Waals surface area contributed by atoms with Crippen molar-refractivity contribution in [3.63, 3.8) is 0 Å². The van der Waals surface area contributed by atoms with Gasteiger partial charge in [-0.1, -0.05) is 24.3 Å². The molecule has 4 aliphatic rings. The van der Waals surface area contributed by atoms with Crippen molar-refractivity contribution in [1.82, 2.24) is 20.2 Å². The van der Waals surface area contributed by atoms with Gasteiger partial charge in [-0.25, -0.2) is 13.6 Å². The largest absolute Gasteiger partial charge is 0.507 e. The Morgan fingerprint density at radius 2 is 1.72 bits per heavy atom. The minimum Gasteiger partial charge on any atom is -0.507 e. The fourth-order valence-corrected chi connectivity index (χ4v) is 7.95. The first-order chi connectivity index (χ1) is 22.4. The van der Waals surface area contributed by atoms with Crippen LogP contribution in [0.5, 0.6) is 11.8 Å². The number of ether oxygens (including phenoxy) is 2. The van der Waals surface area contributed by atoms with Gasteiger partial charge in [0.15, 0.2) is 5.82 Å². The van der Waals surface area contributed by atoms with Crippen molar-refractivity contribution >= 4 is 33.5 Å². The lowest BCUT2D eigenvalue weighted by Crippen LogP contribution is -2.51. The van der Waals surface area contributed by atoms with Gasteiger partial charge in [0.05, 0.1) is 25.2 Å². The Bertz CT molecular complexity index is 1830. The van der Waals surface area contributed by atoms with Gasteiger partial charge in [0.25, 0.3) is 0 Å². The second kappa shape index (κ2) is 11.6. The Morgan fingerprint density at radius 1 is 1.00 bits per heavy atom. The molecule has 0 spiro atoms. The molecule has 1 aromatic heterocycles. The Kier molecular flexibility index (Phi) is 7.38. The number of phenols is 1. The highest BCUT2D eigenvalue weighted by Gasteiger charge is 2.37. The minimum absolute atomic E-state index is 0.0253. The van der Waals surface area contributed by atoms with Crippen molar-refractivity contribution in [2.24, 2.45) is 0 Å². The van der Waals surface area contributed by atoms with E-state index in [1.165, 1.54) is 12.1 Å². The molecule has 240 valence electrons. The monoisotopic (exact) mass is 631 g/mol. The van der Waals surface area contributed by atoms with Crippen LogP contribution in [0.4, 0.5) is 14.6 Å². The van der Waals surface area contributed by atoms with Gasteiger partial charge in [-0.05, 0) is 55.2 Å². The van der Waals surface area contributed by atoms with E-state index >= 15 is 8.78 Å². The Balaban J connectivity index is 1.19. The lowest BCUT2D eigenvalue weighted by atomic mass is 9.93. The molecular weight excluding hydrogens is 596 g/mol. The molecule has 4 fully saturated rings. The number of carboxylic acids is 1. The second-order valence-electron chi connectivity index (χ2n) is 12.8. The summed E-state index contributed by atoms with van der Waals surface area (Å²) in [4.78, 5) is 25.5. The number of fused-ring (bicyclic) bond motifs is 6. The number of hydrogen-bond acceptors (Lipinski definition) is 9. The van der Waals surface area contributed by atoms with Crippen LogP contribution in [0.3, 0.4) is 0 Å². The first-order valence-corrected chi connectivity index (χ1v) is 16.0. The number of rotatable bonds is 8. The van der Waals surface area contributed by atoms with E-state index in [1.54, 1.807) is 18.2 Å². The number of piperazine rings is 1. The summed E-state index contributed by atoms with van der Waals surface area (Å²) in [5.41, 5.74) is -0.524. The quantitative estimate of drug-likeness (QED) is 0.236. The highest BCUT2D eigenvalue weighted by atomic mass is 19.1. The summed E-state index contributed by atoms with van der Waals surface area (Å²) in [7, 11) is 0. The second-order valence-corrected chi connectivity index (χ2v) is 12.8. The van der Waals surface area contributed by atoms with Crippen molar-refractivity contribution in [3.8, 4) is 22.9 Å². The van der Waals surface area contributed by atoms with Crippen LogP contribution in [0.1, 0.15) is 42.5 Å². The molecule has 0 radical (unpaired) electrons. The number of aromatic carboxylic acids is 1. The normalized spacial score (nSPS) is 24.3. The van der Waals surface area contributed by atoms with E-state index in [4.69, 9.17) is 9.47 Å². The molecule has 10 nitrogen and oxygen atoms in total. The van der Waals surface area contributed by atoms with Crippen LogP contribution >= 0.6 is 0 Å². The van der Waals surface area contributed by atoms with Crippen molar-refractivity contribution in [1.29, 1.82) is 0 Å². The van der Waals surface area contributed by atoms with E-state index in [-0.39, 0.29) is 51.1 Å². The molecule has 0 amide bonds. The smallest absolute Gasteiger partial charge is 0.340 e. The Labute approximate surface area is 263 Å². The summed E-state index contributed by atoms with van der Waals surface area (Å²) < 4.78 is 44.7. The maximum absolute atomic E-state index is 16.7. The molecule has 0 aliphatic carbocycles. The van der Waals surface area contributed by atoms with Crippen molar-refractivity contribution < 1.29 is 33.3 Å². The van der Waals surface area contributed by atoms with Gasteiger partial charge in [0.1, 0.15) is 28.5 Å². The number of nitrogens with zero attached hydrogens (tertiary/aromatic N) is 4. The standard InChI is InChI=1S/C34H35F2N5O5/c35-26-12-25(24-13-27(42)28(33(43)44)23-5-2-1-4-22(23)24)30(36)31-29(26)32(40-14-18-6-7-19(15-40)37-18)39-34(38-31)46-11-3-10-41-20-8-9-21(41)17-45-16-20/h1-2,4-5,12-13,18-21,37,42H,3,6-11,14-17H2,(H,43,44)/t18-,19+,20?,21?. The van der Waals surface area contributed by atoms with Crippen LogP contribution in [0.2, 0.25) is 0 Å². The molecule has 4 atom stereocenters. The maximum atomic E-state index is 16.7. The maximum Gasteiger partial charge on any atom is 0.340 e. The van der Waals surface area contributed by atoms with Crippen LogP contribution < -0.4 is 15.0 Å². The molecule has 2 unspecified atom stereocenters. The third-order valence-corrected chi connectivity index (χ3v) is 10.1. The lowest BCUT2D eigenvalue weighted by molar-refractivity contribution is -0.0161. The average Bonchev–Trinajstić information content (AvgIpc) is 3.49. The number of aromatic nitrogens is 2. The zero-order valence-corrected chi connectivity index (χ0v) is 25.2. The van der Waals surface area contributed by atoms with E-state index in [0.717, 1.165) is 57.9 Å². The lowest BCUT2D eigenvalue weighted by Gasteiger charge is -2.34. The van der Waals surface area contributed by atoms with Gasteiger partial charge < -0.3 is 29.9 Å². The van der Waals surface area contributed by atoms with Crippen LogP contribution in [-0.4, -0.2) is 94.7 Å². The topological polar surface area (TPSA) is 120 Å².